The lowest BCUT2D eigenvalue weighted by Gasteiger charge is -2.32. The minimum absolute atomic E-state index is 0.228. The SMILES string of the molecule is O=C(NCC1(O)CCCCC1)c1ccc2c(-c3ccccc3Cl)nn(-c3ccc(F)cc3)c2c1. The number of carbonyl (C=O) groups excluding carboxylic acids is 1. The number of hydrogen-bond acceptors (Lipinski definition) is 3. The van der Waals surface area contributed by atoms with E-state index < -0.39 is 5.60 Å². The molecule has 4 aromatic rings. The van der Waals surface area contributed by atoms with Crippen molar-refractivity contribution in [3.05, 3.63) is 83.1 Å². The Kier molecular flexibility index (Phi) is 6.11. The van der Waals surface area contributed by atoms with Crippen molar-refractivity contribution in [3.63, 3.8) is 0 Å². The van der Waals surface area contributed by atoms with Gasteiger partial charge in [0.2, 0.25) is 0 Å². The number of amides is 1. The molecule has 0 aliphatic heterocycles. The van der Waals surface area contributed by atoms with Crippen LogP contribution in [-0.2, 0) is 0 Å². The highest BCUT2D eigenvalue weighted by Gasteiger charge is 2.29. The number of nitrogens with zero attached hydrogens (tertiary/aromatic N) is 2. The highest BCUT2D eigenvalue weighted by atomic mass is 35.5. The maximum Gasteiger partial charge on any atom is 0.251 e. The molecule has 0 atom stereocenters. The molecule has 0 radical (unpaired) electrons. The molecule has 7 heteroatoms. The van der Waals surface area contributed by atoms with Gasteiger partial charge in [-0.15, -0.1) is 0 Å². The van der Waals surface area contributed by atoms with E-state index in [9.17, 15) is 14.3 Å². The summed E-state index contributed by atoms with van der Waals surface area (Å²) in [6.45, 7) is 0.228. The summed E-state index contributed by atoms with van der Waals surface area (Å²) in [7, 11) is 0. The first-order valence-corrected chi connectivity index (χ1v) is 11.9. The summed E-state index contributed by atoms with van der Waals surface area (Å²) in [5, 5.41) is 19.8. The fraction of sp³-hybridized carbons (Fsp3) is 0.259. The van der Waals surface area contributed by atoms with Gasteiger partial charge in [-0.2, -0.15) is 5.10 Å². The molecule has 5 nitrogen and oxygen atoms in total. The third-order valence-electron chi connectivity index (χ3n) is 6.51. The Labute approximate surface area is 202 Å². The van der Waals surface area contributed by atoms with Gasteiger partial charge in [-0.3, -0.25) is 4.79 Å². The molecule has 0 bridgehead atoms. The standard InChI is InChI=1S/C27H25ClFN3O2/c28-23-7-3-2-6-21(23)25-22-13-8-18(26(33)30-17-27(34)14-4-1-5-15-27)16-24(22)32(31-25)20-11-9-19(29)10-12-20/h2-3,6-13,16,34H,1,4-5,14-15,17H2,(H,30,33). The average Bonchev–Trinajstić information content (AvgIpc) is 3.22. The largest absolute Gasteiger partial charge is 0.388 e. The molecule has 1 aliphatic rings. The molecule has 174 valence electrons. The van der Waals surface area contributed by atoms with Gasteiger partial charge in [0, 0.05) is 23.1 Å². The van der Waals surface area contributed by atoms with Crippen molar-refractivity contribution in [2.45, 2.75) is 37.7 Å². The van der Waals surface area contributed by atoms with Gasteiger partial charge in [-0.1, -0.05) is 49.1 Å². The van der Waals surface area contributed by atoms with Gasteiger partial charge in [0.25, 0.3) is 5.91 Å². The first-order valence-electron chi connectivity index (χ1n) is 11.5. The van der Waals surface area contributed by atoms with E-state index in [0.29, 0.717) is 40.3 Å². The Balaban J connectivity index is 1.54. The number of aliphatic hydroxyl groups is 1. The van der Waals surface area contributed by atoms with Gasteiger partial charge in [0.15, 0.2) is 0 Å². The monoisotopic (exact) mass is 477 g/mol. The molecule has 1 heterocycles. The summed E-state index contributed by atoms with van der Waals surface area (Å²) in [5.41, 5.74) is 2.43. The second kappa shape index (κ2) is 9.20. The molecular formula is C27H25ClFN3O2. The summed E-state index contributed by atoms with van der Waals surface area (Å²) < 4.78 is 15.3. The van der Waals surface area contributed by atoms with Crippen LogP contribution in [0.15, 0.2) is 66.7 Å². The number of aromatic nitrogens is 2. The smallest absolute Gasteiger partial charge is 0.251 e. The van der Waals surface area contributed by atoms with E-state index in [1.165, 1.54) is 12.1 Å². The number of nitrogens with one attached hydrogen (secondary N) is 1. The van der Waals surface area contributed by atoms with E-state index in [2.05, 4.69) is 5.32 Å². The van der Waals surface area contributed by atoms with Crippen molar-refractivity contribution in [1.82, 2.24) is 15.1 Å². The third-order valence-corrected chi connectivity index (χ3v) is 6.84. The molecule has 34 heavy (non-hydrogen) atoms. The number of carbonyl (C=O) groups is 1. The molecule has 1 amide bonds. The fourth-order valence-corrected chi connectivity index (χ4v) is 4.85. The lowest BCUT2D eigenvalue weighted by Crippen LogP contribution is -2.44. The number of benzene rings is 3. The number of fused-ring (bicyclic) bond motifs is 1. The second-order valence-electron chi connectivity index (χ2n) is 8.92. The van der Waals surface area contributed by atoms with Gasteiger partial charge >= 0.3 is 0 Å². The van der Waals surface area contributed by atoms with E-state index in [1.807, 2.05) is 24.3 Å². The molecule has 5 rings (SSSR count). The van der Waals surface area contributed by atoms with Crippen LogP contribution in [0.2, 0.25) is 5.02 Å². The molecular weight excluding hydrogens is 453 g/mol. The molecule has 0 unspecified atom stereocenters. The Morgan fingerprint density at radius 1 is 1.06 bits per heavy atom. The number of rotatable bonds is 5. The molecule has 1 aliphatic carbocycles. The van der Waals surface area contributed by atoms with Crippen LogP contribution in [0.3, 0.4) is 0 Å². The zero-order valence-electron chi connectivity index (χ0n) is 18.6. The fourth-order valence-electron chi connectivity index (χ4n) is 4.62. The van der Waals surface area contributed by atoms with Crippen molar-refractivity contribution in [1.29, 1.82) is 0 Å². The minimum atomic E-state index is -0.842. The van der Waals surface area contributed by atoms with E-state index in [4.69, 9.17) is 16.7 Å². The summed E-state index contributed by atoms with van der Waals surface area (Å²) in [6.07, 6.45) is 4.46. The van der Waals surface area contributed by atoms with Crippen LogP contribution >= 0.6 is 11.6 Å². The molecule has 0 spiro atoms. The van der Waals surface area contributed by atoms with E-state index in [1.54, 1.807) is 35.0 Å². The van der Waals surface area contributed by atoms with Crippen LogP contribution in [0.1, 0.15) is 42.5 Å². The van der Waals surface area contributed by atoms with Gasteiger partial charge < -0.3 is 10.4 Å². The maximum atomic E-state index is 13.6. The highest BCUT2D eigenvalue weighted by Crippen LogP contribution is 2.34. The van der Waals surface area contributed by atoms with Crippen LogP contribution in [-0.4, -0.2) is 32.9 Å². The zero-order chi connectivity index (χ0) is 23.7. The normalized spacial score (nSPS) is 15.4. The summed E-state index contributed by atoms with van der Waals surface area (Å²) in [6, 6.07) is 18.8. The Morgan fingerprint density at radius 3 is 2.53 bits per heavy atom. The summed E-state index contributed by atoms with van der Waals surface area (Å²) in [4.78, 5) is 13.0. The Hall–Kier alpha value is -3.22. The lowest BCUT2D eigenvalue weighted by molar-refractivity contribution is 0.00526. The molecule has 3 aromatic carbocycles. The molecule has 1 aromatic heterocycles. The van der Waals surface area contributed by atoms with Crippen LogP contribution < -0.4 is 5.32 Å². The van der Waals surface area contributed by atoms with Crippen molar-refractivity contribution >= 4 is 28.4 Å². The molecule has 1 saturated carbocycles. The predicted molar refractivity (Wildman–Crippen MR) is 132 cm³/mol. The van der Waals surface area contributed by atoms with Crippen LogP contribution in [0.5, 0.6) is 0 Å². The predicted octanol–water partition coefficient (Wildman–Crippen LogP) is 5.91. The Morgan fingerprint density at radius 2 is 1.79 bits per heavy atom. The van der Waals surface area contributed by atoms with Gasteiger partial charge in [-0.05, 0) is 61.4 Å². The highest BCUT2D eigenvalue weighted by molar-refractivity contribution is 6.33. The van der Waals surface area contributed by atoms with Gasteiger partial charge in [0.05, 0.1) is 21.8 Å². The average molecular weight is 478 g/mol. The van der Waals surface area contributed by atoms with Crippen molar-refractivity contribution < 1.29 is 14.3 Å². The Bertz CT molecular complexity index is 1340. The van der Waals surface area contributed by atoms with Crippen molar-refractivity contribution in [2.24, 2.45) is 0 Å². The quantitative estimate of drug-likeness (QED) is 0.375. The van der Waals surface area contributed by atoms with Crippen LogP contribution in [0.4, 0.5) is 4.39 Å². The van der Waals surface area contributed by atoms with Gasteiger partial charge in [0.1, 0.15) is 11.5 Å². The third kappa shape index (κ3) is 4.43. The second-order valence-corrected chi connectivity index (χ2v) is 9.32. The van der Waals surface area contributed by atoms with E-state index in [-0.39, 0.29) is 18.3 Å². The number of hydrogen-bond donors (Lipinski definition) is 2. The lowest BCUT2D eigenvalue weighted by atomic mass is 9.85. The summed E-state index contributed by atoms with van der Waals surface area (Å²) >= 11 is 6.46. The number of halogens is 2. The van der Waals surface area contributed by atoms with E-state index in [0.717, 1.165) is 30.2 Å². The minimum Gasteiger partial charge on any atom is -0.388 e. The molecule has 2 N–H and O–H groups in total. The van der Waals surface area contributed by atoms with Gasteiger partial charge in [-0.25, -0.2) is 9.07 Å². The van der Waals surface area contributed by atoms with E-state index >= 15 is 0 Å². The topological polar surface area (TPSA) is 67.2 Å². The van der Waals surface area contributed by atoms with Crippen LogP contribution in [0, 0.1) is 5.82 Å². The summed E-state index contributed by atoms with van der Waals surface area (Å²) in [5.74, 6) is -0.598. The first-order chi connectivity index (χ1) is 16.4. The van der Waals surface area contributed by atoms with Crippen molar-refractivity contribution in [3.8, 4) is 16.9 Å². The first kappa shape index (κ1) is 22.6. The molecule has 0 saturated heterocycles. The molecule has 1 fully saturated rings. The maximum absolute atomic E-state index is 13.6. The van der Waals surface area contributed by atoms with Crippen molar-refractivity contribution in [2.75, 3.05) is 6.54 Å². The zero-order valence-corrected chi connectivity index (χ0v) is 19.4. The van der Waals surface area contributed by atoms with Crippen LogP contribution in [0.25, 0.3) is 27.8 Å².